The molecule has 13 nitrogen and oxygen atoms in total. The summed E-state index contributed by atoms with van der Waals surface area (Å²) in [5.74, 6) is 11.8. The van der Waals surface area contributed by atoms with E-state index in [4.69, 9.17) is 33.0 Å². The Hall–Kier alpha value is -4.53. The molecule has 5 N–H and O–H groups in total. The summed E-state index contributed by atoms with van der Waals surface area (Å²) in [6, 6.07) is 7.86. The van der Waals surface area contributed by atoms with Gasteiger partial charge in [-0.15, -0.1) is 11.3 Å². The topological polar surface area (TPSA) is 178 Å². The van der Waals surface area contributed by atoms with Crippen molar-refractivity contribution in [2.24, 2.45) is 16.8 Å². The highest BCUT2D eigenvalue weighted by molar-refractivity contribution is 7.12. The molecule has 0 saturated carbocycles. The van der Waals surface area contributed by atoms with Crippen LogP contribution in [0.4, 0.5) is 5.69 Å². The van der Waals surface area contributed by atoms with Crippen LogP contribution >= 0.6 is 22.9 Å². The van der Waals surface area contributed by atoms with Gasteiger partial charge in [0.25, 0.3) is 11.5 Å². The summed E-state index contributed by atoms with van der Waals surface area (Å²) in [6.45, 7) is 1.14. The zero-order valence-electron chi connectivity index (χ0n) is 23.6. The Bertz CT molecular complexity index is 1790. The lowest BCUT2D eigenvalue weighted by Crippen LogP contribution is -2.38. The molecule has 0 bridgehead atoms. The second-order valence-corrected chi connectivity index (χ2v) is 11.9. The van der Waals surface area contributed by atoms with E-state index in [2.05, 4.69) is 15.1 Å². The maximum Gasteiger partial charge on any atom is 0.348 e. The van der Waals surface area contributed by atoms with Gasteiger partial charge in [-0.2, -0.15) is 5.10 Å². The van der Waals surface area contributed by atoms with Gasteiger partial charge in [0.1, 0.15) is 22.9 Å². The lowest BCUT2D eigenvalue weighted by atomic mass is 10.1. The number of nitrogens with two attached hydrogens (primary N) is 2. The first-order chi connectivity index (χ1) is 21.3. The number of thiophene rings is 1. The van der Waals surface area contributed by atoms with E-state index in [0.717, 1.165) is 24.8 Å². The average Bonchev–Trinajstić information content (AvgIpc) is 3.80. The Morgan fingerprint density at radius 3 is 2.84 bits per heavy atom. The first-order valence-electron chi connectivity index (χ1n) is 14.1. The van der Waals surface area contributed by atoms with Gasteiger partial charge in [0.15, 0.2) is 6.61 Å². The number of carbonyl (C=O) groups excluding carboxylic acids is 2. The van der Waals surface area contributed by atoms with Gasteiger partial charge >= 0.3 is 5.97 Å². The molecule has 0 spiro atoms. The van der Waals surface area contributed by atoms with Gasteiger partial charge in [-0.3, -0.25) is 19.2 Å². The molecule has 3 aromatic heterocycles. The highest BCUT2D eigenvalue weighted by atomic mass is 35.5. The molecular formula is C29H30ClN9O4S. The molecule has 1 atom stereocenters. The summed E-state index contributed by atoms with van der Waals surface area (Å²) in [5, 5.41) is 6.98. The van der Waals surface area contributed by atoms with E-state index in [-0.39, 0.29) is 24.1 Å². The number of anilines is 1. The van der Waals surface area contributed by atoms with Crippen molar-refractivity contribution in [1.29, 1.82) is 0 Å². The van der Waals surface area contributed by atoms with Crippen LogP contribution in [0.2, 0.25) is 5.02 Å². The van der Waals surface area contributed by atoms with Crippen LogP contribution in [0.5, 0.6) is 0 Å². The van der Waals surface area contributed by atoms with Crippen LogP contribution in [0.1, 0.15) is 53.0 Å². The van der Waals surface area contributed by atoms with Gasteiger partial charge in [0, 0.05) is 47.1 Å². The highest BCUT2D eigenvalue weighted by Crippen LogP contribution is 2.34. The van der Waals surface area contributed by atoms with E-state index >= 15 is 0 Å². The van der Waals surface area contributed by atoms with Gasteiger partial charge in [0.05, 0.1) is 29.3 Å². The number of hydrogen-bond acceptors (Lipinski definition) is 10. The minimum atomic E-state index is -0.541. The lowest BCUT2D eigenvalue weighted by Gasteiger charge is -2.26. The van der Waals surface area contributed by atoms with Crippen molar-refractivity contribution < 1.29 is 14.3 Å². The fourth-order valence-corrected chi connectivity index (χ4v) is 6.55. The van der Waals surface area contributed by atoms with Crippen molar-refractivity contribution >= 4 is 46.8 Å². The number of aryl methyl sites for hydroxylation is 1. The Morgan fingerprint density at radius 1 is 1.23 bits per heavy atom. The number of aromatic nitrogens is 4. The van der Waals surface area contributed by atoms with Crippen molar-refractivity contribution in [3.05, 3.63) is 73.8 Å². The van der Waals surface area contributed by atoms with Crippen molar-refractivity contribution in [3.8, 4) is 22.5 Å². The number of hydrazone groups is 1. The normalized spacial score (nSPS) is 16.3. The Balaban J connectivity index is 1.18. The number of esters is 1. The highest BCUT2D eigenvalue weighted by Gasteiger charge is 2.29. The summed E-state index contributed by atoms with van der Waals surface area (Å²) in [5.41, 5.74) is 2.72. The fraction of sp³-hybridized carbons (Fsp3) is 0.310. The van der Waals surface area contributed by atoms with Crippen molar-refractivity contribution in [3.63, 3.8) is 0 Å². The number of nitrogens with zero attached hydrogens (tertiary/aromatic N) is 6. The summed E-state index contributed by atoms with van der Waals surface area (Å²) in [6.07, 6.45) is 7.16. The molecule has 2 aliphatic heterocycles. The Kier molecular flexibility index (Phi) is 8.46. The number of ether oxygens (including phenoxy) is 1. The van der Waals surface area contributed by atoms with Crippen LogP contribution in [-0.2, 0) is 16.0 Å². The van der Waals surface area contributed by atoms with Crippen molar-refractivity contribution in [1.82, 2.24) is 24.4 Å². The van der Waals surface area contributed by atoms with Crippen LogP contribution in [0.3, 0.4) is 0 Å². The monoisotopic (exact) mass is 635 g/mol. The van der Waals surface area contributed by atoms with Crippen LogP contribution in [0.25, 0.3) is 22.5 Å². The van der Waals surface area contributed by atoms with Gasteiger partial charge in [-0.25, -0.2) is 20.6 Å². The van der Waals surface area contributed by atoms with Gasteiger partial charge in [0.2, 0.25) is 0 Å². The first-order valence-corrected chi connectivity index (χ1v) is 15.4. The van der Waals surface area contributed by atoms with E-state index in [0.29, 0.717) is 70.1 Å². The number of benzene rings is 1. The van der Waals surface area contributed by atoms with Crippen LogP contribution in [-0.4, -0.2) is 62.3 Å². The third-order valence-electron chi connectivity index (χ3n) is 7.74. The first kappa shape index (κ1) is 29.5. The number of rotatable bonds is 8. The van der Waals surface area contributed by atoms with E-state index in [1.807, 2.05) is 5.38 Å². The van der Waals surface area contributed by atoms with Gasteiger partial charge in [-0.05, 0) is 49.9 Å². The summed E-state index contributed by atoms with van der Waals surface area (Å²) in [4.78, 5) is 53.2. The second-order valence-electron chi connectivity index (χ2n) is 10.6. The van der Waals surface area contributed by atoms with Crippen LogP contribution in [0.15, 0.2) is 51.8 Å². The molecule has 1 aromatic carbocycles. The number of aromatic amines is 1. The van der Waals surface area contributed by atoms with E-state index < -0.39 is 5.97 Å². The molecule has 0 aliphatic carbocycles. The number of H-pyrrole nitrogens is 1. The number of hydrogen-bond donors (Lipinski definition) is 3. The second kappa shape index (κ2) is 12.6. The van der Waals surface area contributed by atoms with E-state index in [1.54, 1.807) is 39.9 Å². The summed E-state index contributed by atoms with van der Waals surface area (Å²) in [7, 11) is 0. The molecule has 1 fully saturated rings. The molecule has 6 rings (SSSR count). The molecule has 1 saturated heterocycles. The standard InChI is InChI=1S/C29H30ClN9O4S/c30-18-4-5-22(38(32)16-34-31)19(11-18)20-12-26(40)39-23(6-7-25(39)35-20)28-33-13-21(36-28)17-10-24(44-15-17)29(42)43-14-27(41)37-8-2-1-3-9-37/h4-5,10-13,15-16,23H,1-3,6-9,14,31-32H2,(H,33,36)/b34-16-. The molecule has 5 heterocycles. The minimum absolute atomic E-state index is 0.169. The third kappa shape index (κ3) is 5.96. The molecule has 228 valence electrons. The third-order valence-corrected chi connectivity index (χ3v) is 8.89. The zero-order valence-corrected chi connectivity index (χ0v) is 25.2. The summed E-state index contributed by atoms with van der Waals surface area (Å²) >= 11 is 7.49. The van der Waals surface area contributed by atoms with Gasteiger partial charge in [-0.1, -0.05) is 11.6 Å². The van der Waals surface area contributed by atoms with Crippen molar-refractivity contribution in [2.75, 3.05) is 24.7 Å². The number of hydrazine groups is 1. The summed E-state index contributed by atoms with van der Waals surface area (Å²) < 4.78 is 6.92. The zero-order chi connectivity index (χ0) is 30.8. The molecule has 44 heavy (non-hydrogen) atoms. The number of halogens is 1. The van der Waals surface area contributed by atoms with Gasteiger partial charge < -0.3 is 20.5 Å². The van der Waals surface area contributed by atoms with Crippen molar-refractivity contribution in [2.45, 2.75) is 38.1 Å². The molecule has 15 heteroatoms. The maximum atomic E-state index is 13.4. The Morgan fingerprint density at radius 2 is 2.05 bits per heavy atom. The number of nitrogens with one attached hydrogen (secondary N) is 1. The number of fused-ring (bicyclic) bond motifs is 1. The number of imidazole rings is 1. The van der Waals surface area contributed by atoms with Crippen LogP contribution < -0.4 is 22.3 Å². The smallest absolute Gasteiger partial charge is 0.348 e. The number of likely N-dealkylation sites (tertiary alicyclic amines) is 1. The Labute approximate surface area is 261 Å². The quantitative estimate of drug-likeness (QED) is 0.0861. The molecule has 1 unspecified atom stereocenters. The van der Waals surface area contributed by atoms with E-state index in [1.165, 1.54) is 28.8 Å². The molecule has 4 aromatic rings. The van der Waals surface area contributed by atoms with Crippen LogP contribution in [0, 0.1) is 0 Å². The lowest BCUT2D eigenvalue weighted by molar-refractivity contribution is -0.135. The number of amides is 1. The largest absolute Gasteiger partial charge is 0.451 e. The predicted octanol–water partition coefficient (Wildman–Crippen LogP) is 3.30. The average molecular weight is 636 g/mol. The fourth-order valence-electron chi connectivity index (χ4n) is 5.58. The minimum Gasteiger partial charge on any atom is -0.451 e. The number of piperidine rings is 1. The molecule has 2 aliphatic rings. The SMILES string of the molecule is N/N=C\N(N)c1ccc(Cl)cc1-c1cc(=O)n2c(n1)CCC2c1ncc(-c2csc(C(=O)OCC(=O)N3CCCCC3)c2)[nH]1. The molecule has 1 amide bonds. The van der Waals surface area contributed by atoms with E-state index in [9.17, 15) is 14.4 Å². The maximum absolute atomic E-state index is 13.4. The predicted molar refractivity (Wildman–Crippen MR) is 167 cm³/mol. The molecule has 0 radical (unpaired) electrons. The molecular weight excluding hydrogens is 606 g/mol. The number of carbonyl (C=O) groups is 2.